The van der Waals surface area contributed by atoms with Crippen LogP contribution in [0, 0.1) is 5.41 Å². The summed E-state index contributed by atoms with van der Waals surface area (Å²) < 4.78 is 0. The Morgan fingerprint density at radius 1 is 1.25 bits per heavy atom. The zero-order valence-electron chi connectivity index (χ0n) is 9.04. The fraction of sp³-hybridized carbons (Fsp3) is 1.00. The van der Waals surface area contributed by atoms with Crippen LogP contribution in [0.5, 0.6) is 0 Å². The van der Waals surface area contributed by atoms with E-state index in [4.69, 9.17) is 0 Å². The molecule has 12 heavy (non-hydrogen) atoms. The van der Waals surface area contributed by atoms with Gasteiger partial charge in [-0.05, 0) is 38.1 Å². The monoisotopic (exact) mass is 169 g/mol. The van der Waals surface area contributed by atoms with Gasteiger partial charge in [-0.25, -0.2) is 0 Å². The number of hydrogen-bond acceptors (Lipinski definition) is 1. The van der Waals surface area contributed by atoms with Crippen molar-refractivity contribution in [3.05, 3.63) is 0 Å². The second-order valence-corrected chi connectivity index (χ2v) is 5.68. The van der Waals surface area contributed by atoms with Crippen LogP contribution in [0.15, 0.2) is 0 Å². The second-order valence-electron chi connectivity index (χ2n) is 5.68. The van der Waals surface area contributed by atoms with Gasteiger partial charge in [-0.15, -0.1) is 0 Å². The molecule has 0 aromatic carbocycles. The van der Waals surface area contributed by atoms with Crippen LogP contribution >= 0.6 is 0 Å². The number of nitrogens with one attached hydrogen (secondary N) is 1. The quantitative estimate of drug-likeness (QED) is 0.636. The largest absolute Gasteiger partial charge is 0.311 e. The van der Waals surface area contributed by atoms with E-state index >= 15 is 0 Å². The summed E-state index contributed by atoms with van der Waals surface area (Å²) in [7, 11) is 0. The smallest absolute Gasteiger partial charge is 0.0158 e. The first kappa shape index (κ1) is 10.0. The Hall–Kier alpha value is -0.0400. The fourth-order valence-corrected chi connectivity index (χ4v) is 2.44. The highest BCUT2D eigenvalue weighted by molar-refractivity contribution is 4.89. The summed E-state index contributed by atoms with van der Waals surface area (Å²) in [6.45, 7) is 10.6. The van der Waals surface area contributed by atoms with Gasteiger partial charge in [0.1, 0.15) is 0 Å². The third-order valence-corrected chi connectivity index (χ3v) is 2.63. The normalized spacial score (nSPS) is 32.0. The highest BCUT2D eigenvalue weighted by atomic mass is 15.0. The van der Waals surface area contributed by atoms with Crippen LogP contribution in [0.1, 0.15) is 53.4 Å². The van der Waals surface area contributed by atoms with Gasteiger partial charge >= 0.3 is 0 Å². The molecule has 1 heteroatoms. The Labute approximate surface area is 76.9 Å². The van der Waals surface area contributed by atoms with Gasteiger partial charge in [0.05, 0.1) is 0 Å². The van der Waals surface area contributed by atoms with E-state index in [-0.39, 0.29) is 0 Å². The van der Waals surface area contributed by atoms with Gasteiger partial charge in [-0.2, -0.15) is 0 Å². The lowest BCUT2D eigenvalue weighted by molar-refractivity contribution is 0.187. The van der Waals surface area contributed by atoms with Crippen molar-refractivity contribution >= 4 is 0 Å². The predicted molar refractivity (Wildman–Crippen MR) is 54.3 cm³/mol. The van der Waals surface area contributed by atoms with E-state index in [1.165, 1.54) is 32.2 Å². The summed E-state index contributed by atoms with van der Waals surface area (Å²) in [6.07, 6.45) is 5.41. The van der Waals surface area contributed by atoms with Crippen LogP contribution in [-0.4, -0.2) is 12.1 Å². The molecule has 0 aromatic rings. The molecule has 1 saturated heterocycles. The van der Waals surface area contributed by atoms with Gasteiger partial charge < -0.3 is 5.32 Å². The first-order chi connectivity index (χ1) is 5.41. The third-order valence-electron chi connectivity index (χ3n) is 2.63. The SMILES string of the molecule is CC(C)(C)CC1(C)CCCCN1. The Kier molecular flexibility index (Phi) is 2.82. The summed E-state index contributed by atoms with van der Waals surface area (Å²) in [5.41, 5.74) is 0.871. The molecule has 1 rings (SSSR count). The van der Waals surface area contributed by atoms with Crippen LogP contribution in [-0.2, 0) is 0 Å². The number of piperidine rings is 1. The molecular weight excluding hydrogens is 146 g/mol. The van der Waals surface area contributed by atoms with Crippen molar-refractivity contribution in [2.24, 2.45) is 5.41 Å². The Morgan fingerprint density at radius 2 is 1.92 bits per heavy atom. The number of hydrogen-bond donors (Lipinski definition) is 1. The van der Waals surface area contributed by atoms with Gasteiger partial charge in [0.15, 0.2) is 0 Å². The van der Waals surface area contributed by atoms with E-state index in [9.17, 15) is 0 Å². The maximum absolute atomic E-state index is 3.65. The molecule has 0 aromatic heterocycles. The van der Waals surface area contributed by atoms with Crippen LogP contribution < -0.4 is 5.32 Å². The predicted octanol–water partition coefficient (Wildman–Crippen LogP) is 2.95. The van der Waals surface area contributed by atoms with Crippen molar-refractivity contribution in [1.82, 2.24) is 5.32 Å². The molecular formula is C11H23N. The molecule has 0 radical (unpaired) electrons. The highest BCUT2D eigenvalue weighted by Gasteiger charge is 2.30. The summed E-state index contributed by atoms with van der Waals surface area (Å²) in [5.74, 6) is 0. The molecule has 1 aliphatic rings. The highest BCUT2D eigenvalue weighted by Crippen LogP contribution is 2.32. The van der Waals surface area contributed by atoms with Crippen LogP contribution in [0.4, 0.5) is 0 Å². The zero-order chi connectivity index (χ0) is 9.24. The van der Waals surface area contributed by atoms with E-state index in [0.29, 0.717) is 11.0 Å². The van der Waals surface area contributed by atoms with E-state index in [0.717, 1.165) is 0 Å². The Balaban J connectivity index is 2.47. The average Bonchev–Trinajstić information content (AvgIpc) is 1.83. The van der Waals surface area contributed by atoms with E-state index in [1.807, 2.05) is 0 Å². The summed E-state index contributed by atoms with van der Waals surface area (Å²) >= 11 is 0. The minimum atomic E-state index is 0.413. The first-order valence-electron chi connectivity index (χ1n) is 5.16. The van der Waals surface area contributed by atoms with Gasteiger partial charge in [-0.1, -0.05) is 27.2 Å². The van der Waals surface area contributed by atoms with Gasteiger partial charge in [0, 0.05) is 5.54 Å². The maximum Gasteiger partial charge on any atom is 0.0158 e. The second kappa shape index (κ2) is 3.37. The van der Waals surface area contributed by atoms with Crippen molar-refractivity contribution in [3.8, 4) is 0 Å². The van der Waals surface area contributed by atoms with Crippen LogP contribution in [0.25, 0.3) is 0 Å². The Bertz CT molecular complexity index is 138. The lowest BCUT2D eigenvalue weighted by Gasteiger charge is -2.39. The molecule has 1 fully saturated rings. The minimum absolute atomic E-state index is 0.413. The Morgan fingerprint density at radius 3 is 2.33 bits per heavy atom. The van der Waals surface area contributed by atoms with E-state index in [2.05, 4.69) is 33.0 Å². The van der Waals surface area contributed by atoms with Gasteiger partial charge in [-0.3, -0.25) is 0 Å². The molecule has 0 aliphatic carbocycles. The molecule has 0 bridgehead atoms. The van der Waals surface area contributed by atoms with Crippen LogP contribution in [0.3, 0.4) is 0 Å². The van der Waals surface area contributed by atoms with Crippen molar-refractivity contribution in [1.29, 1.82) is 0 Å². The average molecular weight is 169 g/mol. The lowest BCUT2D eigenvalue weighted by Crippen LogP contribution is -2.48. The molecule has 0 amide bonds. The first-order valence-corrected chi connectivity index (χ1v) is 5.16. The molecule has 1 nitrogen and oxygen atoms in total. The van der Waals surface area contributed by atoms with Gasteiger partial charge in [0.2, 0.25) is 0 Å². The molecule has 0 saturated carbocycles. The standard InChI is InChI=1S/C11H23N/c1-10(2,3)9-11(4)7-5-6-8-12-11/h12H,5-9H2,1-4H3. The molecule has 1 aliphatic heterocycles. The third kappa shape index (κ3) is 3.14. The summed E-state index contributed by atoms with van der Waals surface area (Å²) in [5, 5.41) is 3.65. The van der Waals surface area contributed by atoms with Crippen molar-refractivity contribution in [3.63, 3.8) is 0 Å². The molecule has 1 heterocycles. The summed E-state index contributed by atoms with van der Waals surface area (Å²) in [6, 6.07) is 0. The van der Waals surface area contributed by atoms with E-state index in [1.54, 1.807) is 0 Å². The molecule has 72 valence electrons. The lowest BCUT2D eigenvalue weighted by atomic mass is 9.77. The van der Waals surface area contributed by atoms with Crippen molar-refractivity contribution in [2.75, 3.05) is 6.54 Å². The van der Waals surface area contributed by atoms with E-state index < -0.39 is 0 Å². The fourth-order valence-electron chi connectivity index (χ4n) is 2.44. The van der Waals surface area contributed by atoms with Gasteiger partial charge in [0.25, 0.3) is 0 Å². The summed E-state index contributed by atoms with van der Waals surface area (Å²) in [4.78, 5) is 0. The molecule has 1 atom stereocenters. The van der Waals surface area contributed by atoms with Crippen LogP contribution in [0.2, 0.25) is 0 Å². The van der Waals surface area contributed by atoms with Crippen molar-refractivity contribution < 1.29 is 0 Å². The van der Waals surface area contributed by atoms with Crippen molar-refractivity contribution in [2.45, 2.75) is 58.9 Å². The topological polar surface area (TPSA) is 12.0 Å². The maximum atomic E-state index is 3.65. The zero-order valence-corrected chi connectivity index (χ0v) is 9.04. The molecule has 1 unspecified atom stereocenters. The molecule has 0 spiro atoms. The molecule has 1 N–H and O–H groups in total. The minimum Gasteiger partial charge on any atom is -0.311 e. The number of rotatable bonds is 1.